The molecule has 0 atom stereocenters. The maximum absolute atomic E-state index is 9.46. The fraction of sp³-hybridized carbons (Fsp3) is 0. The fourth-order valence-corrected chi connectivity index (χ4v) is 1.13. The van der Waals surface area contributed by atoms with E-state index in [9.17, 15) is 10.2 Å². The van der Waals surface area contributed by atoms with Crippen molar-refractivity contribution in [3.05, 3.63) is 30.6 Å². The van der Waals surface area contributed by atoms with Gasteiger partial charge in [0.25, 0.3) is 0 Å². The quantitative estimate of drug-likeness (QED) is 0.576. The van der Waals surface area contributed by atoms with E-state index in [1.54, 1.807) is 24.5 Å². The Morgan fingerprint density at radius 1 is 1.23 bits per heavy atom. The molecule has 0 spiro atoms. The van der Waals surface area contributed by atoms with Crippen LogP contribution in [0.15, 0.2) is 30.6 Å². The number of aromatic hydroxyl groups is 2. The first-order valence-corrected chi connectivity index (χ1v) is 3.80. The van der Waals surface area contributed by atoms with Gasteiger partial charge in [0.05, 0.1) is 5.56 Å². The molecule has 0 saturated carbocycles. The van der Waals surface area contributed by atoms with Crippen LogP contribution in [0.2, 0.25) is 0 Å². The Bertz CT molecular complexity index is 410. The molecular weight excluding hydrogens is 168 g/mol. The number of imidazole rings is 1. The largest absolute Gasteiger partial charge is 0.504 e. The average Bonchev–Trinajstić information content (AvgIpc) is 2.62. The highest BCUT2D eigenvalue weighted by Gasteiger charge is 2.08. The second kappa shape index (κ2) is 2.82. The van der Waals surface area contributed by atoms with Gasteiger partial charge in [0.15, 0.2) is 11.5 Å². The van der Waals surface area contributed by atoms with Crippen LogP contribution in [-0.2, 0) is 0 Å². The molecule has 0 unspecified atom stereocenters. The summed E-state index contributed by atoms with van der Waals surface area (Å²) in [5.74, 6) is 0.236. The Kier molecular flexibility index (Phi) is 1.66. The fourth-order valence-electron chi connectivity index (χ4n) is 1.13. The number of nitrogens with zero attached hydrogens (tertiary/aromatic N) is 1. The van der Waals surface area contributed by atoms with Crippen LogP contribution in [0.4, 0.5) is 0 Å². The van der Waals surface area contributed by atoms with Crippen LogP contribution < -0.4 is 0 Å². The monoisotopic (exact) mass is 176 g/mol. The molecule has 2 rings (SSSR count). The maximum Gasteiger partial charge on any atom is 0.168 e. The number of aromatic nitrogens is 2. The van der Waals surface area contributed by atoms with E-state index in [0.29, 0.717) is 11.4 Å². The Hall–Kier alpha value is -1.97. The normalized spacial score (nSPS) is 10.2. The Balaban J connectivity index is 2.59. The van der Waals surface area contributed by atoms with Gasteiger partial charge in [-0.1, -0.05) is 6.07 Å². The Morgan fingerprint density at radius 2 is 2.08 bits per heavy atom. The summed E-state index contributed by atoms with van der Waals surface area (Å²) in [6, 6.07) is 4.74. The van der Waals surface area contributed by atoms with E-state index in [2.05, 4.69) is 9.97 Å². The van der Waals surface area contributed by atoms with Crippen LogP contribution >= 0.6 is 0 Å². The van der Waals surface area contributed by atoms with E-state index in [-0.39, 0.29) is 11.5 Å². The summed E-state index contributed by atoms with van der Waals surface area (Å²) >= 11 is 0. The van der Waals surface area contributed by atoms with Crippen LogP contribution in [-0.4, -0.2) is 20.2 Å². The van der Waals surface area contributed by atoms with Gasteiger partial charge in [-0.15, -0.1) is 0 Å². The molecular formula is C9H8N2O2. The lowest BCUT2D eigenvalue weighted by atomic mass is 10.2. The van der Waals surface area contributed by atoms with Gasteiger partial charge >= 0.3 is 0 Å². The average molecular weight is 176 g/mol. The van der Waals surface area contributed by atoms with E-state index in [4.69, 9.17) is 0 Å². The number of hydrogen-bond acceptors (Lipinski definition) is 3. The standard InChI is InChI=1S/C9H8N2O2/c12-7-3-1-2-6(8(7)13)9-10-4-5-11-9/h1-5,12-13H,(H,10,11). The first-order chi connectivity index (χ1) is 6.29. The number of phenols is 2. The van der Waals surface area contributed by atoms with Crippen molar-refractivity contribution in [1.29, 1.82) is 0 Å². The molecule has 0 saturated heterocycles. The topological polar surface area (TPSA) is 69.1 Å². The molecule has 1 aromatic carbocycles. The molecule has 0 aliphatic carbocycles. The molecule has 0 bridgehead atoms. The van der Waals surface area contributed by atoms with Crippen molar-refractivity contribution in [3.63, 3.8) is 0 Å². The third kappa shape index (κ3) is 1.22. The zero-order chi connectivity index (χ0) is 9.26. The summed E-state index contributed by atoms with van der Waals surface area (Å²) in [7, 11) is 0. The second-order valence-corrected chi connectivity index (χ2v) is 2.61. The number of para-hydroxylation sites is 1. The van der Waals surface area contributed by atoms with E-state index in [1.807, 2.05) is 0 Å². The third-order valence-corrected chi connectivity index (χ3v) is 1.77. The number of phenolic OH excluding ortho intramolecular Hbond substituents is 2. The summed E-state index contributed by atoms with van der Waals surface area (Å²) in [5.41, 5.74) is 0.491. The van der Waals surface area contributed by atoms with Gasteiger partial charge in [-0.25, -0.2) is 4.98 Å². The number of nitrogens with one attached hydrogen (secondary N) is 1. The first-order valence-electron chi connectivity index (χ1n) is 3.80. The number of rotatable bonds is 1. The Labute approximate surface area is 74.5 Å². The minimum Gasteiger partial charge on any atom is -0.504 e. The molecule has 4 heteroatoms. The third-order valence-electron chi connectivity index (χ3n) is 1.77. The van der Waals surface area contributed by atoms with Crippen LogP contribution in [0.1, 0.15) is 0 Å². The van der Waals surface area contributed by atoms with E-state index < -0.39 is 0 Å². The predicted octanol–water partition coefficient (Wildman–Crippen LogP) is 1.49. The molecule has 4 nitrogen and oxygen atoms in total. The van der Waals surface area contributed by atoms with Crippen molar-refractivity contribution in [2.75, 3.05) is 0 Å². The van der Waals surface area contributed by atoms with Crippen LogP contribution in [0.3, 0.4) is 0 Å². The van der Waals surface area contributed by atoms with Crippen molar-refractivity contribution in [2.24, 2.45) is 0 Å². The molecule has 1 heterocycles. The molecule has 2 aromatic rings. The van der Waals surface area contributed by atoms with Crippen molar-refractivity contribution >= 4 is 0 Å². The van der Waals surface area contributed by atoms with Crippen LogP contribution in [0, 0.1) is 0 Å². The summed E-state index contributed by atoms with van der Waals surface area (Å²) in [6.45, 7) is 0. The summed E-state index contributed by atoms with van der Waals surface area (Å²) in [6.07, 6.45) is 3.23. The van der Waals surface area contributed by atoms with Crippen LogP contribution in [0.5, 0.6) is 11.5 Å². The molecule has 3 N–H and O–H groups in total. The van der Waals surface area contributed by atoms with Gasteiger partial charge < -0.3 is 15.2 Å². The van der Waals surface area contributed by atoms with Crippen LogP contribution in [0.25, 0.3) is 11.4 Å². The number of aromatic amines is 1. The molecule has 13 heavy (non-hydrogen) atoms. The van der Waals surface area contributed by atoms with Gasteiger partial charge in [-0.2, -0.15) is 0 Å². The van der Waals surface area contributed by atoms with Gasteiger partial charge in [-0.3, -0.25) is 0 Å². The van der Waals surface area contributed by atoms with E-state index in [1.165, 1.54) is 6.07 Å². The highest BCUT2D eigenvalue weighted by Crippen LogP contribution is 2.33. The second-order valence-electron chi connectivity index (χ2n) is 2.61. The molecule has 1 aromatic heterocycles. The van der Waals surface area contributed by atoms with E-state index >= 15 is 0 Å². The number of benzene rings is 1. The van der Waals surface area contributed by atoms with Gasteiger partial charge in [-0.05, 0) is 12.1 Å². The van der Waals surface area contributed by atoms with Crippen molar-refractivity contribution in [3.8, 4) is 22.9 Å². The summed E-state index contributed by atoms with van der Waals surface area (Å²) < 4.78 is 0. The highest BCUT2D eigenvalue weighted by molar-refractivity contribution is 5.67. The van der Waals surface area contributed by atoms with Crippen molar-refractivity contribution in [1.82, 2.24) is 9.97 Å². The summed E-state index contributed by atoms with van der Waals surface area (Å²) in [4.78, 5) is 6.80. The Morgan fingerprint density at radius 3 is 2.77 bits per heavy atom. The molecule has 0 fully saturated rings. The minimum absolute atomic E-state index is 0.145. The van der Waals surface area contributed by atoms with Crippen molar-refractivity contribution < 1.29 is 10.2 Å². The first kappa shape index (κ1) is 7.67. The van der Waals surface area contributed by atoms with Gasteiger partial charge in [0.1, 0.15) is 5.82 Å². The lowest BCUT2D eigenvalue weighted by Gasteiger charge is -2.01. The number of hydrogen-bond donors (Lipinski definition) is 3. The zero-order valence-electron chi connectivity index (χ0n) is 6.73. The molecule has 66 valence electrons. The number of H-pyrrole nitrogens is 1. The summed E-state index contributed by atoms with van der Waals surface area (Å²) in [5, 5.41) is 18.7. The smallest absolute Gasteiger partial charge is 0.168 e. The van der Waals surface area contributed by atoms with Gasteiger partial charge in [0.2, 0.25) is 0 Å². The minimum atomic E-state index is -0.155. The molecule has 0 aliphatic heterocycles. The van der Waals surface area contributed by atoms with Crippen molar-refractivity contribution in [2.45, 2.75) is 0 Å². The molecule has 0 aliphatic rings. The van der Waals surface area contributed by atoms with E-state index in [0.717, 1.165) is 0 Å². The lowest BCUT2D eigenvalue weighted by molar-refractivity contribution is 0.405. The molecule has 0 radical (unpaired) electrons. The lowest BCUT2D eigenvalue weighted by Crippen LogP contribution is -1.81. The zero-order valence-corrected chi connectivity index (χ0v) is 6.73. The van der Waals surface area contributed by atoms with Gasteiger partial charge in [0, 0.05) is 12.4 Å². The maximum atomic E-state index is 9.46. The molecule has 0 amide bonds. The predicted molar refractivity (Wildman–Crippen MR) is 47.4 cm³/mol. The SMILES string of the molecule is Oc1cccc(-c2ncc[nH]2)c1O. The highest BCUT2D eigenvalue weighted by atomic mass is 16.3.